The Bertz CT molecular complexity index is 210. The highest BCUT2D eigenvalue weighted by Crippen LogP contribution is 2.29. The quantitative estimate of drug-likeness (QED) is 0.752. The molecule has 1 saturated carbocycles. The maximum absolute atomic E-state index is 9.88. The summed E-state index contributed by atoms with van der Waals surface area (Å²) in [5.41, 5.74) is -0.584. The minimum atomic E-state index is -0.584. The Morgan fingerprint density at radius 1 is 1.33 bits per heavy atom. The molecule has 1 aliphatic carbocycles. The Kier molecular flexibility index (Phi) is 3.33. The van der Waals surface area contributed by atoms with Crippen molar-refractivity contribution in [1.82, 2.24) is 4.90 Å². The lowest BCUT2D eigenvalue weighted by Crippen LogP contribution is -2.56. The van der Waals surface area contributed by atoms with Crippen LogP contribution in [-0.2, 0) is 4.74 Å². The minimum absolute atomic E-state index is 0.426. The molecule has 0 bridgehead atoms. The van der Waals surface area contributed by atoms with Gasteiger partial charge in [-0.15, -0.1) is 0 Å². The highest BCUT2D eigenvalue weighted by atomic mass is 16.5. The average molecular weight is 213 g/mol. The van der Waals surface area contributed by atoms with Gasteiger partial charge < -0.3 is 9.84 Å². The normalized spacial score (nSPS) is 33.8. The summed E-state index contributed by atoms with van der Waals surface area (Å²) in [6.07, 6.45) is 5.48. The molecule has 1 N–H and O–H groups in total. The molecule has 1 saturated heterocycles. The fourth-order valence-electron chi connectivity index (χ4n) is 2.87. The summed E-state index contributed by atoms with van der Waals surface area (Å²) in [7, 11) is 0. The molecule has 2 unspecified atom stereocenters. The van der Waals surface area contributed by atoms with E-state index in [-0.39, 0.29) is 0 Å². The van der Waals surface area contributed by atoms with Crippen LogP contribution in [0.5, 0.6) is 0 Å². The van der Waals surface area contributed by atoms with Crippen LogP contribution >= 0.6 is 0 Å². The van der Waals surface area contributed by atoms with Gasteiger partial charge in [-0.05, 0) is 26.7 Å². The number of hydrogen-bond acceptors (Lipinski definition) is 3. The van der Waals surface area contributed by atoms with Crippen molar-refractivity contribution < 1.29 is 9.84 Å². The van der Waals surface area contributed by atoms with E-state index in [1.807, 2.05) is 13.8 Å². The number of fused-ring (bicyclic) bond motifs is 1. The molecule has 0 aromatic heterocycles. The Labute approximate surface area is 92.4 Å². The van der Waals surface area contributed by atoms with Gasteiger partial charge in [0.05, 0.1) is 18.3 Å². The third-order valence-electron chi connectivity index (χ3n) is 3.44. The smallest absolute Gasteiger partial charge is 0.0730 e. The number of rotatable bonds is 2. The molecule has 2 aliphatic rings. The predicted molar refractivity (Wildman–Crippen MR) is 59.9 cm³/mol. The van der Waals surface area contributed by atoms with Crippen molar-refractivity contribution >= 4 is 0 Å². The van der Waals surface area contributed by atoms with E-state index in [1.165, 1.54) is 25.7 Å². The van der Waals surface area contributed by atoms with Crippen LogP contribution in [-0.4, -0.2) is 47.4 Å². The second-order valence-electron chi connectivity index (χ2n) is 5.54. The van der Waals surface area contributed by atoms with Gasteiger partial charge in [0.15, 0.2) is 0 Å². The van der Waals surface area contributed by atoms with Crippen molar-refractivity contribution in [2.24, 2.45) is 0 Å². The molecule has 88 valence electrons. The zero-order valence-electron chi connectivity index (χ0n) is 9.91. The third-order valence-corrected chi connectivity index (χ3v) is 3.44. The van der Waals surface area contributed by atoms with E-state index in [2.05, 4.69) is 4.90 Å². The zero-order valence-corrected chi connectivity index (χ0v) is 9.91. The van der Waals surface area contributed by atoms with Gasteiger partial charge in [-0.2, -0.15) is 0 Å². The summed E-state index contributed by atoms with van der Waals surface area (Å²) in [6, 6.07) is 0.555. The molecule has 15 heavy (non-hydrogen) atoms. The molecule has 0 aromatic rings. The van der Waals surface area contributed by atoms with Crippen LogP contribution in [0.15, 0.2) is 0 Å². The first-order valence-electron chi connectivity index (χ1n) is 6.14. The van der Waals surface area contributed by atoms with Gasteiger partial charge in [-0.1, -0.05) is 12.8 Å². The summed E-state index contributed by atoms with van der Waals surface area (Å²) >= 11 is 0. The third kappa shape index (κ3) is 2.92. The fourth-order valence-corrected chi connectivity index (χ4v) is 2.87. The van der Waals surface area contributed by atoms with Crippen molar-refractivity contribution in [3.63, 3.8) is 0 Å². The first-order valence-corrected chi connectivity index (χ1v) is 6.14. The lowest BCUT2D eigenvalue weighted by Gasteiger charge is -2.45. The molecule has 0 spiro atoms. The number of β-amino-alcohol motifs (C(OH)–C–C–N with tert-alkyl or cyclic N) is 1. The SMILES string of the molecule is CC(C)(O)CN1CCOC2CCCCC21. The van der Waals surface area contributed by atoms with Gasteiger partial charge in [0.25, 0.3) is 0 Å². The minimum Gasteiger partial charge on any atom is -0.389 e. The number of morpholine rings is 1. The number of ether oxygens (including phenoxy) is 1. The van der Waals surface area contributed by atoms with Crippen molar-refractivity contribution in [3.8, 4) is 0 Å². The highest BCUT2D eigenvalue weighted by Gasteiger charge is 2.35. The molecule has 2 rings (SSSR count). The summed E-state index contributed by atoms with van der Waals surface area (Å²) < 4.78 is 5.80. The maximum Gasteiger partial charge on any atom is 0.0730 e. The Hall–Kier alpha value is -0.120. The Morgan fingerprint density at radius 3 is 2.80 bits per heavy atom. The second kappa shape index (κ2) is 4.40. The lowest BCUT2D eigenvalue weighted by molar-refractivity contribution is -0.107. The Balaban J connectivity index is 1.97. The standard InChI is InChI=1S/C12H23NO2/c1-12(2,14)9-13-7-8-15-11-6-4-3-5-10(11)13/h10-11,14H,3-9H2,1-2H3. The topological polar surface area (TPSA) is 32.7 Å². The molecule has 1 aliphatic heterocycles. The van der Waals surface area contributed by atoms with Gasteiger partial charge in [0.1, 0.15) is 0 Å². The number of hydrogen-bond donors (Lipinski definition) is 1. The number of aliphatic hydroxyl groups is 1. The van der Waals surface area contributed by atoms with Crippen LogP contribution < -0.4 is 0 Å². The molecule has 3 heteroatoms. The molecule has 0 aromatic carbocycles. The fraction of sp³-hybridized carbons (Fsp3) is 1.00. The highest BCUT2D eigenvalue weighted by molar-refractivity contribution is 4.89. The molecule has 2 atom stereocenters. The Morgan fingerprint density at radius 2 is 2.07 bits per heavy atom. The second-order valence-corrected chi connectivity index (χ2v) is 5.54. The van der Waals surface area contributed by atoms with Crippen molar-refractivity contribution in [1.29, 1.82) is 0 Å². The van der Waals surface area contributed by atoms with Crippen LogP contribution in [0, 0.1) is 0 Å². The molecular formula is C12H23NO2. The molecule has 1 heterocycles. The largest absolute Gasteiger partial charge is 0.389 e. The molecule has 0 radical (unpaired) electrons. The van der Waals surface area contributed by atoms with Gasteiger partial charge in [0.2, 0.25) is 0 Å². The molecule has 2 fully saturated rings. The monoisotopic (exact) mass is 213 g/mol. The lowest BCUT2D eigenvalue weighted by atomic mass is 9.89. The van der Waals surface area contributed by atoms with Crippen LogP contribution in [0.3, 0.4) is 0 Å². The van der Waals surface area contributed by atoms with E-state index in [0.29, 0.717) is 12.1 Å². The summed E-state index contributed by atoms with van der Waals surface area (Å²) in [5, 5.41) is 9.88. The van der Waals surface area contributed by atoms with Crippen LogP contribution in [0.4, 0.5) is 0 Å². The first-order chi connectivity index (χ1) is 7.06. The molecule has 3 nitrogen and oxygen atoms in total. The van der Waals surface area contributed by atoms with Crippen molar-refractivity contribution in [2.45, 2.75) is 57.3 Å². The molecule has 0 amide bonds. The predicted octanol–water partition coefficient (Wildman–Crippen LogP) is 1.40. The van der Waals surface area contributed by atoms with E-state index in [1.54, 1.807) is 0 Å². The van der Waals surface area contributed by atoms with Gasteiger partial charge in [-0.25, -0.2) is 0 Å². The maximum atomic E-state index is 9.88. The summed E-state index contributed by atoms with van der Waals surface area (Å²) in [5.74, 6) is 0. The van der Waals surface area contributed by atoms with Gasteiger partial charge in [-0.3, -0.25) is 4.90 Å². The van der Waals surface area contributed by atoms with Gasteiger partial charge >= 0.3 is 0 Å². The molecular weight excluding hydrogens is 190 g/mol. The summed E-state index contributed by atoms with van der Waals surface area (Å²) in [4.78, 5) is 2.42. The average Bonchev–Trinajstić information content (AvgIpc) is 2.16. The number of nitrogens with zero attached hydrogens (tertiary/aromatic N) is 1. The van der Waals surface area contributed by atoms with Crippen LogP contribution in [0.2, 0.25) is 0 Å². The first kappa shape index (κ1) is 11.4. The van der Waals surface area contributed by atoms with Crippen LogP contribution in [0.1, 0.15) is 39.5 Å². The van der Waals surface area contributed by atoms with E-state index in [0.717, 1.165) is 19.7 Å². The zero-order chi connectivity index (χ0) is 10.9. The van der Waals surface area contributed by atoms with Gasteiger partial charge in [0, 0.05) is 19.1 Å². The van der Waals surface area contributed by atoms with E-state index < -0.39 is 5.60 Å². The summed E-state index contributed by atoms with van der Waals surface area (Å²) in [6.45, 7) is 6.36. The van der Waals surface area contributed by atoms with Crippen molar-refractivity contribution in [3.05, 3.63) is 0 Å². The van der Waals surface area contributed by atoms with Crippen LogP contribution in [0.25, 0.3) is 0 Å². The van der Waals surface area contributed by atoms with Crippen molar-refractivity contribution in [2.75, 3.05) is 19.7 Å². The van der Waals surface area contributed by atoms with E-state index in [4.69, 9.17) is 4.74 Å². The van der Waals surface area contributed by atoms with E-state index in [9.17, 15) is 5.11 Å². The van der Waals surface area contributed by atoms with E-state index >= 15 is 0 Å².